The van der Waals surface area contributed by atoms with Crippen LogP contribution in [0.1, 0.15) is 48.4 Å². The Balaban J connectivity index is 0.896. The van der Waals surface area contributed by atoms with Crippen molar-refractivity contribution in [3.63, 3.8) is 0 Å². The van der Waals surface area contributed by atoms with Gasteiger partial charge in [-0.1, -0.05) is 72.8 Å². The molecule has 2 aliphatic heterocycles. The van der Waals surface area contributed by atoms with Crippen molar-refractivity contribution in [3.05, 3.63) is 125 Å². The molecule has 5 N–H and O–H groups in total. The van der Waals surface area contributed by atoms with Crippen molar-refractivity contribution < 1.29 is 38.2 Å². The first kappa shape index (κ1) is 44.5. The quantitative estimate of drug-likeness (QED) is 0.0777. The van der Waals surface area contributed by atoms with Crippen molar-refractivity contribution >= 4 is 52.7 Å². The molecule has 62 heavy (non-hydrogen) atoms. The summed E-state index contributed by atoms with van der Waals surface area (Å²) >= 11 is 0. The number of piperidine rings is 1. The summed E-state index contributed by atoms with van der Waals surface area (Å²) in [4.78, 5) is 83.4. The average Bonchev–Trinajstić information content (AvgIpc) is 3.38. The number of hydrogen-bond acceptors (Lipinski definition) is 10. The maximum atomic E-state index is 13.5. The summed E-state index contributed by atoms with van der Waals surface area (Å²) in [6, 6.07) is 31.1. The lowest BCUT2D eigenvalue weighted by Gasteiger charge is -2.31. The summed E-state index contributed by atoms with van der Waals surface area (Å²) in [6.45, 7) is 3.94. The summed E-state index contributed by atoms with van der Waals surface area (Å²) in [7, 11) is 1.65. The summed E-state index contributed by atoms with van der Waals surface area (Å²) in [5.74, 6) is -1.23. The Bertz CT molecular complexity index is 2260. The minimum absolute atomic E-state index is 0.155. The number of benzene rings is 4. The molecular weight excluding hydrogens is 793 g/mol. The minimum Gasteiger partial charge on any atom is -0.494 e. The molecule has 2 aliphatic rings. The van der Waals surface area contributed by atoms with Gasteiger partial charge >= 0.3 is 12.0 Å². The molecule has 4 aromatic rings. The second kappa shape index (κ2) is 22.0. The molecule has 1 atom stereocenters. The molecule has 324 valence electrons. The van der Waals surface area contributed by atoms with E-state index in [0.29, 0.717) is 56.0 Å². The van der Waals surface area contributed by atoms with Gasteiger partial charge in [-0.2, -0.15) is 0 Å². The number of aliphatic imine (C=N–C) groups is 1. The monoisotopic (exact) mass is 844 g/mol. The minimum atomic E-state index is -1.19. The number of benzodiazepines with no additional fused rings is 1. The maximum Gasteiger partial charge on any atom is 0.321 e. The summed E-state index contributed by atoms with van der Waals surface area (Å²) in [6.07, 6.45) is 0.738. The second-order valence-corrected chi connectivity index (χ2v) is 15.0. The third-order valence-electron chi connectivity index (χ3n) is 10.3. The summed E-state index contributed by atoms with van der Waals surface area (Å²) < 4.78 is 10.5. The number of urea groups is 1. The van der Waals surface area contributed by atoms with E-state index in [4.69, 9.17) is 9.73 Å². The lowest BCUT2D eigenvalue weighted by atomic mass is 9.95. The number of amides is 6. The van der Waals surface area contributed by atoms with E-state index in [1.165, 1.54) is 11.8 Å². The highest BCUT2D eigenvalue weighted by atomic mass is 16.5. The van der Waals surface area contributed by atoms with E-state index in [1.54, 1.807) is 31.3 Å². The van der Waals surface area contributed by atoms with Crippen LogP contribution in [-0.2, 0) is 41.8 Å². The topological polar surface area (TPSA) is 200 Å². The Hall–Kier alpha value is -7.07. The van der Waals surface area contributed by atoms with Crippen molar-refractivity contribution in [2.45, 2.75) is 45.4 Å². The zero-order valence-corrected chi connectivity index (χ0v) is 34.9. The smallest absolute Gasteiger partial charge is 0.321 e. The van der Waals surface area contributed by atoms with E-state index in [1.807, 2.05) is 78.9 Å². The highest BCUT2D eigenvalue weighted by Gasteiger charge is 2.31. The molecular formula is C46H52N8O8. The van der Waals surface area contributed by atoms with Crippen molar-refractivity contribution in [2.75, 3.05) is 56.7 Å². The number of hydrogen-bond donors (Lipinski definition) is 5. The van der Waals surface area contributed by atoms with E-state index < -0.39 is 24.1 Å². The molecule has 0 aliphatic carbocycles. The Labute approximate surface area is 360 Å². The first-order valence-electron chi connectivity index (χ1n) is 20.6. The number of para-hydroxylation sites is 1. The Morgan fingerprint density at radius 2 is 1.55 bits per heavy atom. The fraction of sp³-hybridized carbons (Fsp3) is 0.326. The molecule has 4 aromatic carbocycles. The Kier molecular flexibility index (Phi) is 15.8. The van der Waals surface area contributed by atoms with Gasteiger partial charge in [0.05, 0.1) is 24.6 Å². The molecule has 1 saturated heterocycles. The molecule has 0 spiro atoms. The van der Waals surface area contributed by atoms with Gasteiger partial charge in [0.15, 0.2) is 6.61 Å². The summed E-state index contributed by atoms with van der Waals surface area (Å²) in [5.41, 5.74) is 5.10. The number of anilines is 2. The number of fused-ring (bicyclic) bond motifs is 1. The number of nitrogens with zero attached hydrogens (tertiary/aromatic N) is 3. The SMILES string of the molecule is CC(=O)OCC(=O)NCCCOc1cccc(CN2CCC(C(=O)NCC(=O)NCc3cccc(NC(=O)N[C@@H]4N=C(c5ccccc5)c5ccccc5N(C)C4=O)c3)CC2)c1. The predicted molar refractivity (Wildman–Crippen MR) is 233 cm³/mol. The van der Waals surface area contributed by atoms with Crippen molar-refractivity contribution in [1.82, 2.24) is 26.2 Å². The van der Waals surface area contributed by atoms with Crippen LogP contribution in [0.15, 0.2) is 108 Å². The van der Waals surface area contributed by atoms with Gasteiger partial charge in [0.1, 0.15) is 5.75 Å². The third kappa shape index (κ3) is 13.0. The highest BCUT2D eigenvalue weighted by molar-refractivity contribution is 6.20. The van der Waals surface area contributed by atoms with Crippen molar-refractivity contribution in [1.29, 1.82) is 0 Å². The maximum absolute atomic E-state index is 13.5. The number of carbonyl (C=O) groups is 6. The van der Waals surface area contributed by atoms with Crippen LogP contribution in [-0.4, -0.2) is 98.8 Å². The molecule has 0 unspecified atom stereocenters. The zero-order chi connectivity index (χ0) is 43.8. The molecule has 16 nitrogen and oxygen atoms in total. The van der Waals surface area contributed by atoms with Gasteiger partial charge in [-0.25, -0.2) is 9.79 Å². The number of rotatable bonds is 17. The number of nitrogens with one attached hydrogen (secondary N) is 5. The largest absolute Gasteiger partial charge is 0.494 e. The van der Waals surface area contributed by atoms with Crippen LogP contribution in [0.3, 0.4) is 0 Å². The van der Waals surface area contributed by atoms with Gasteiger partial charge in [0, 0.05) is 56.3 Å². The standard InChI is InChI=1S/C46H52N8O8/c1-31(55)62-30-41(57)47-21-10-24-61-37-16-9-12-33(26-37)29-54-22-19-35(20-23-54)44(58)49-28-40(56)48-27-32-11-8-15-36(25-32)50-46(60)52-43-45(59)53(2)39-18-7-6-17-38(39)42(51-43)34-13-4-3-5-14-34/h3-9,11-18,25-26,35,43H,10,19-24,27-30H2,1-2H3,(H,47,57)(H,48,56)(H,49,58)(H2,50,52,60)/t43-/m0/s1. The molecule has 16 heteroatoms. The van der Waals surface area contributed by atoms with Crippen molar-refractivity contribution in [3.8, 4) is 5.75 Å². The molecule has 6 rings (SSSR count). The molecule has 0 saturated carbocycles. The summed E-state index contributed by atoms with van der Waals surface area (Å²) in [5, 5.41) is 13.8. The van der Waals surface area contributed by atoms with Crippen LogP contribution in [0.2, 0.25) is 0 Å². The highest BCUT2D eigenvalue weighted by Crippen LogP contribution is 2.27. The van der Waals surface area contributed by atoms with E-state index in [-0.39, 0.29) is 43.3 Å². The Morgan fingerprint density at radius 1 is 0.806 bits per heavy atom. The Morgan fingerprint density at radius 3 is 2.34 bits per heavy atom. The molecule has 1 fully saturated rings. The van der Waals surface area contributed by atoms with Crippen LogP contribution < -0.4 is 36.2 Å². The van der Waals surface area contributed by atoms with Gasteiger partial charge in [-0.05, 0) is 73.8 Å². The van der Waals surface area contributed by atoms with E-state index in [9.17, 15) is 28.8 Å². The van der Waals surface area contributed by atoms with E-state index in [2.05, 4.69) is 36.2 Å². The lowest BCUT2D eigenvalue weighted by Crippen LogP contribution is -2.47. The molecule has 6 amide bonds. The first-order chi connectivity index (χ1) is 30.0. The molecule has 2 heterocycles. The number of likely N-dealkylation sites (tertiary alicyclic amines) is 1. The third-order valence-corrected chi connectivity index (χ3v) is 10.3. The fourth-order valence-electron chi connectivity index (χ4n) is 7.12. The number of esters is 1. The lowest BCUT2D eigenvalue weighted by molar-refractivity contribution is -0.146. The molecule has 0 radical (unpaired) electrons. The van der Waals surface area contributed by atoms with Gasteiger partial charge in [0.2, 0.25) is 18.0 Å². The predicted octanol–water partition coefficient (Wildman–Crippen LogP) is 3.74. The van der Waals surface area contributed by atoms with Gasteiger partial charge in [0.25, 0.3) is 11.8 Å². The number of ether oxygens (including phenoxy) is 2. The van der Waals surface area contributed by atoms with Crippen LogP contribution in [0.25, 0.3) is 0 Å². The van der Waals surface area contributed by atoms with E-state index >= 15 is 0 Å². The first-order valence-corrected chi connectivity index (χ1v) is 20.6. The van der Waals surface area contributed by atoms with Crippen molar-refractivity contribution in [2.24, 2.45) is 10.9 Å². The van der Waals surface area contributed by atoms with Crippen LogP contribution in [0, 0.1) is 5.92 Å². The van der Waals surface area contributed by atoms with Gasteiger partial charge in [-0.3, -0.25) is 28.9 Å². The average molecular weight is 845 g/mol. The van der Waals surface area contributed by atoms with Gasteiger partial charge < -0.3 is 41.0 Å². The molecule has 0 bridgehead atoms. The van der Waals surface area contributed by atoms with Crippen LogP contribution in [0.5, 0.6) is 5.75 Å². The molecule has 0 aromatic heterocycles. The van der Waals surface area contributed by atoms with E-state index in [0.717, 1.165) is 41.1 Å². The fourth-order valence-corrected chi connectivity index (χ4v) is 7.12. The number of likely N-dealkylation sites (N-methyl/N-ethyl adjacent to an activating group) is 1. The van der Waals surface area contributed by atoms with Crippen LogP contribution >= 0.6 is 0 Å². The number of carbonyl (C=O) groups excluding carboxylic acids is 6. The normalized spacial score (nSPS) is 15.3. The second-order valence-electron chi connectivity index (χ2n) is 15.0. The van der Waals surface area contributed by atoms with Gasteiger partial charge in [-0.15, -0.1) is 0 Å². The zero-order valence-electron chi connectivity index (χ0n) is 34.9. The van der Waals surface area contributed by atoms with Crippen LogP contribution in [0.4, 0.5) is 16.2 Å².